The molecule has 31 heavy (non-hydrogen) atoms. The maximum Gasteiger partial charge on any atom is 0.397 e. The second-order valence-electron chi connectivity index (χ2n) is 7.23. The van der Waals surface area contributed by atoms with Crippen LogP contribution in [0.15, 0.2) is 0 Å². The summed E-state index contributed by atoms with van der Waals surface area (Å²) in [5.41, 5.74) is 0. The summed E-state index contributed by atoms with van der Waals surface area (Å²) in [6.07, 6.45) is -11.3. The Bertz CT molecular complexity index is 829. The number of fused-ring (bicyclic) bond motifs is 2. The molecule has 3 aliphatic heterocycles. The van der Waals surface area contributed by atoms with Crippen molar-refractivity contribution in [1.82, 2.24) is 0 Å². The molecule has 3 aliphatic rings. The van der Waals surface area contributed by atoms with E-state index < -0.39 is 88.6 Å². The molecule has 0 aromatic rings. The summed E-state index contributed by atoms with van der Waals surface area (Å²) in [6.45, 7) is 0.592. The number of ether oxygens (including phenoxy) is 5. The van der Waals surface area contributed by atoms with Crippen LogP contribution in [0.5, 0.6) is 0 Å². The highest BCUT2D eigenvalue weighted by atomic mass is 32.3. The number of hydrogen-bond donors (Lipinski definition) is 4. The number of aliphatic hydroxyl groups is 2. The average Bonchev–Trinajstić information content (AvgIpc) is 2.95. The minimum atomic E-state index is -4.91. The van der Waals surface area contributed by atoms with Crippen molar-refractivity contribution in [2.24, 2.45) is 5.92 Å². The van der Waals surface area contributed by atoms with E-state index in [1.54, 1.807) is 0 Å². The summed E-state index contributed by atoms with van der Waals surface area (Å²) < 4.78 is 98.9. The summed E-state index contributed by atoms with van der Waals surface area (Å²) in [5, 5.41) is 20.1. The predicted octanol–water partition coefficient (Wildman–Crippen LogP) is -2.77. The van der Waals surface area contributed by atoms with E-state index in [0.717, 1.165) is 0 Å². The molecule has 0 amide bonds. The van der Waals surface area contributed by atoms with Gasteiger partial charge in [-0.15, -0.1) is 0 Å². The molecule has 0 spiro atoms. The number of rotatable bonds is 8. The topological polar surface area (TPSA) is 214 Å². The van der Waals surface area contributed by atoms with Crippen LogP contribution < -0.4 is 0 Å². The molecule has 0 aliphatic carbocycles. The zero-order valence-electron chi connectivity index (χ0n) is 16.3. The molecule has 0 aromatic heterocycles. The predicted molar refractivity (Wildman–Crippen MR) is 94.0 cm³/mol. The lowest BCUT2D eigenvalue weighted by Gasteiger charge is -2.45. The van der Waals surface area contributed by atoms with E-state index in [9.17, 15) is 27.0 Å². The second kappa shape index (κ2) is 9.37. The Morgan fingerprint density at radius 1 is 0.968 bits per heavy atom. The third kappa shape index (κ3) is 5.69. The fourth-order valence-corrected chi connectivity index (χ4v) is 4.88. The van der Waals surface area contributed by atoms with Gasteiger partial charge in [0.05, 0.1) is 13.2 Å². The molecule has 10 atom stereocenters. The van der Waals surface area contributed by atoms with Gasteiger partial charge in [-0.2, -0.15) is 16.8 Å². The van der Waals surface area contributed by atoms with Crippen molar-refractivity contribution >= 4 is 20.8 Å². The molecule has 5 unspecified atom stereocenters. The minimum Gasteiger partial charge on any atom is -0.394 e. The van der Waals surface area contributed by atoms with Crippen LogP contribution in [-0.2, 0) is 52.8 Å². The van der Waals surface area contributed by atoms with Crippen molar-refractivity contribution in [2.45, 2.75) is 62.2 Å². The summed E-state index contributed by atoms with van der Waals surface area (Å²) in [4.78, 5) is 0. The van der Waals surface area contributed by atoms with Gasteiger partial charge in [0.2, 0.25) is 0 Å². The molecule has 3 heterocycles. The Labute approximate surface area is 178 Å². The molecule has 0 saturated carbocycles. The summed E-state index contributed by atoms with van der Waals surface area (Å²) in [7, 11) is -8.59. The normalized spacial score (nSPS) is 43.8. The monoisotopic (exact) mass is 496 g/mol. The lowest BCUT2D eigenvalue weighted by Crippen LogP contribution is -2.61. The highest BCUT2D eigenvalue weighted by Crippen LogP contribution is 2.37. The smallest absolute Gasteiger partial charge is 0.394 e. The molecule has 3 fully saturated rings. The third-order valence-electron chi connectivity index (χ3n) is 5.22. The number of aliphatic hydroxyl groups excluding tert-OH is 2. The molecule has 0 aromatic carbocycles. The number of methoxy groups -OCH3 is 1. The van der Waals surface area contributed by atoms with Crippen LogP contribution in [0.25, 0.3) is 0 Å². The molecular formula is C14H24O15S2. The Balaban J connectivity index is 1.77. The fourth-order valence-electron chi connectivity index (χ4n) is 3.82. The molecule has 182 valence electrons. The van der Waals surface area contributed by atoms with E-state index in [1.165, 1.54) is 14.0 Å². The molecule has 3 rings (SSSR count). The zero-order valence-corrected chi connectivity index (χ0v) is 17.9. The van der Waals surface area contributed by atoms with Crippen molar-refractivity contribution in [3.63, 3.8) is 0 Å². The van der Waals surface area contributed by atoms with Crippen LogP contribution in [0.4, 0.5) is 0 Å². The summed E-state index contributed by atoms with van der Waals surface area (Å²) >= 11 is 0. The van der Waals surface area contributed by atoms with E-state index in [2.05, 4.69) is 8.37 Å². The van der Waals surface area contributed by atoms with Crippen LogP contribution >= 0.6 is 0 Å². The van der Waals surface area contributed by atoms with Crippen LogP contribution in [-0.4, -0.2) is 112 Å². The van der Waals surface area contributed by atoms with E-state index >= 15 is 0 Å². The first kappa shape index (κ1) is 25.1. The van der Waals surface area contributed by atoms with E-state index in [-0.39, 0.29) is 6.61 Å². The van der Waals surface area contributed by atoms with Gasteiger partial charge in [-0.1, -0.05) is 6.92 Å². The van der Waals surface area contributed by atoms with Crippen LogP contribution in [0.2, 0.25) is 0 Å². The van der Waals surface area contributed by atoms with E-state index in [4.69, 9.17) is 32.8 Å². The van der Waals surface area contributed by atoms with Gasteiger partial charge in [-0.3, -0.25) is 9.11 Å². The largest absolute Gasteiger partial charge is 0.397 e. The Morgan fingerprint density at radius 3 is 2.13 bits per heavy atom. The van der Waals surface area contributed by atoms with Crippen molar-refractivity contribution in [3.8, 4) is 0 Å². The van der Waals surface area contributed by atoms with Crippen LogP contribution in [0.3, 0.4) is 0 Å². The van der Waals surface area contributed by atoms with Crippen LogP contribution in [0.1, 0.15) is 6.92 Å². The third-order valence-corrected chi connectivity index (χ3v) is 6.16. The molecule has 2 bridgehead atoms. The first-order valence-electron chi connectivity index (χ1n) is 9.05. The van der Waals surface area contributed by atoms with Gasteiger partial charge in [0, 0.05) is 13.0 Å². The molecule has 0 radical (unpaired) electrons. The average molecular weight is 496 g/mol. The highest BCUT2D eigenvalue weighted by molar-refractivity contribution is 7.81. The van der Waals surface area contributed by atoms with Gasteiger partial charge >= 0.3 is 20.8 Å². The van der Waals surface area contributed by atoms with Crippen molar-refractivity contribution in [2.75, 3.05) is 20.3 Å². The summed E-state index contributed by atoms with van der Waals surface area (Å²) in [5.74, 6) is -0.988. The zero-order chi connectivity index (χ0) is 23.1. The maximum absolute atomic E-state index is 11.2. The maximum atomic E-state index is 11.2. The van der Waals surface area contributed by atoms with Crippen molar-refractivity contribution < 1.29 is 68.2 Å². The van der Waals surface area contributed by atoms with E-state index in [1.807, 2.05) is 0 Å². The summed E-state index contributed by atoms with van der Waals surface area (Å²) in [6, 6.07) is 0. The highest BCUT2D eigenvalue weighted by Gasteiger charge is 2.57. The number of hydrogen-bond acceptors (Lipinski definition) is 13. The van der Waals surface area contributed by atoms with Gasteiger partial charge in [-0.25, -0.2) is 8.37 Å². The molecule has 4 N–H and O–H groups in total. The van der Waals surface area contributed by atoms with Gasteiger partial charge < -0.3 is 33.9 Å². The first-order valence-corrected chi connectivity index (χ1v) is 11.8. The quantitative estimate of drug-likeness (QED) is 0.250. The lowest BCUT2D eigenvalue weighted by molar-refractivity contribution is -0.327. The SMILES string of the molecule is CO[C@H]1OC2COC([C@H]2O[C@@H]2OC(CO)[C@H](OS(=O)(=O)O)C(C)C2O)[C@@H]1OS(=O)(=O)O. The Hall–Kier alpha value is -0.540. The standard InChI is InChI=1S/C14H24O15S2/c1-5-8(16)13(25-6(3-15)9(5)28-30(17,18)19)27-10-7-4-24-11(10)12(14(23-2)26-7)29-31(20,21)22/h5-16H,3-4H2,1-2H3,(H,17,18,19)(H,20,21,22)/t5?,6?,7?,8?,9-,10+,11?,12+,13+,14+/m1/s1. The molecular weight excluding hydrogens is 472 g/mol. The van der Waals surface area contributed by atoms with Gasteiger partial charge in [0.15, 0.2) is 18.7 Å². The Morgan fingerprint density at radius 2 is 1.58 bits per heavy atom. The van der Waals surface area contributed by atoms with Crippen molar-refractivity contribution in [3.05, 3.63) is 0 Å². The fraction of sp³-hybridized carbons (Fsp3) is 1.00. The Kier molecular flexibility index (Phi) is 7.58. The lowest BCUT2D eigenvalue weighted by atomic mass is 9.90. The first-order chi connectivity index (χ1) is 14.3. The molecule has 3 saturated heterocycles. The minimum absolute atomic E-state index is 0.0587. The van der Waals surface area contributed by atoms with Crippen LogP contribution in [0, 0.1) is 5.92 Å². The molecule has 17 heteroatoms. The van der Waals surface area contributed by atoms with Gasteiger partial charge in [-0.05, 0) is 0 Å². The van der Waals surface area contributed by atoms with Crippen molar-refractivity contribution in [1.29, 1.82) is 0 Å². The molecule has 15 nitrogen and oxygen atoms in total. The van der Waals surface area contributed by atoms with Gasteiger partial charge in [0.1, 0.15) is 36.6 Å². The van der Waals surface area contributed by atoms with E-state index in [0.29, 0.717) is 0 Å². The van der Waals surface area contributed by atoms with Gasteiger partial charge in [0.25, 0.3) is 0 Å². The second-order valence-corrected chi connectivity index (χ2v) is 9.33.